The van der Waals surface area contributed by atoms with Crippen molar-refractivity contribution in [2.75, 3.05) is 46.7 Å². The molecule has 1 aliphatic rings. The number of rotatable bonds is 15. The third-order valence-electron chi connectivity index (χ3n) is 6.99. The predicted octanol–water partition coefficient (Wildman–Crippen LogP) is 2.30. The van der Waals surface area contributed by atoms with Gasteiger partial charge in [0.25, 0.3) is 0 Å². The topological polar surface area (TPSA) is 139 Å². The van der Waals surface area contributed by atoms with Gasteiger partial charge in [0.05, 0.1) is 55.2 Å². The van der Waals surface area contributed by atoms with Gasteiger partial charge in [0.15, 0.2) is 0 Å². The number of aliphatic hydroxyl groups excluding tert-OH is 1. The minimum atomic E-state index is -0.884. The van der Waals surface area contributed by atoms with Gasteiger partial charge in [-0.3, -0.25) is 14.4 Å². The van der Waals surface area contributed by atoms with Gasteiger partial charge in [-0.15, -0.1) is 11.3 Å². The molecule has 12 heteroatoms. The third-order valence-corrected chi connectivity index (χ3v) is 7.97. The number of nitrogens with zero attached hydrogens (tertiary/aromatic N) is 2. The van der Waals surface area contributed by atoms with E-state index in [-0.39, 0.29) is 44.4 Å². The van der Waals surface area contributed by atoms with Gasteiger partial charge in [0, 0.05) is 33.0 Å². The number of aliphatic hydroxyl groups is 1. The minimum Gasteiger partial charge on any atom is -0.391 e. The van der Waals surface area contributed by atoms with Gasteiger partial charge < -0.3 is 34.9 Å². The fourth-order valence-electron chi connectivity index (χ4n) is 4.64. The molecule has 0 unspecified atom stereocenters. The summed E-state index contributed by atoms with van der Waals surface area (Å²) in [5.74, 6) is -1.08. The molecular weight excluding hydrogens is 560 g/mol. The quantitative estimate of drug-likeness (QED) is 0.263. The highest BCUT2D eigenvalue weighted by Gasteiger charge is 2.44. The molecule has 2 aromatic rings. The molecular formula is C30H44N4O7S. The number of thiazole rings is 1. The van der Waals surface area contributed by atoms with E-state index in [9.17, 15) is 19.5 Å². The van der Waals surface area contributed by atoms with Crippen LogP contribution in [0.25, 0.3) is 10.4 Å². The van der Waals surface area contributed by atoms with E-state index in [2.05, 4.69) is 15.6 Å². The van der Waals surface area contributed by atoms with Crippen molar-refractivity contribution in [1.82, 2.24) is 20.5 Å². The lowest BCUT2D eigenvalue weighted by molar-refractivity contribution is -0.144. The van der Waals surface area contributed by atoms with Gasteiger partial charge in [-0.1, -0.05) is 45.0 Å². The summed E-state index contributed by atoms with van der Waals surface area (Å²) >= 11 is 1.58. The summed E-state index contributed by atoms with van der Waals surface area (Å²) in [6, 6.07) is 6.17. The van der Waals surface area contributed by atoms with Crippen LogP contribution in [0.2, 0.25) is 0 Å². The highest BCUT2D eigenvalue weighted by Crippen LogP contribution is 2.28. The van der Waals surface area contributed by atoms with Gasteiger partial charge in [-0.05, 0) is 23.5 Å². The van der Waals surface area contributed by atoms with Gasteiger partial charge in [-0.2, -0.15) is 0 Å². The molecule has 1 fully saturated rings. The number of aryl methyl sites for hydroxylation is 1. The number of hydrogen-bond acceptors (Lipinski definition) is 9. The number of ether oxygens (including phenoxy) is 3. The average Bonchev–Trinajstić information content (AvgIpc) is 3.56. The number of nitrogens with one attached hydrogen (secondary N) is 2. The van der Waals surface area contributed by atoms with Crippen LogP contribution in [-0.4, -0.2) is 97.6 Å². The Morgan fingerprint density at radius 3 is 2.38 bits per heavy atom. The van der Waals surface area contributed by atoms with E-state index < -0.39 is 29.5 Å². The monoisotopic (exact) mass is 604 g/mol. The second-order valence-electron chi connectivity index (χ2n) is 11.4. The number of aromatic nitrogens is 1. The van der Waals surface area contributed by atoms with E-state index >= 15 is 0 Å². The first kappa shape index (κ1) is 33.6. The lowest BCUT2D eigenvalue weighted by Crippen LogP contribution is -2.57. The van der Waals surface area contributed by atoms with Crippen molar-refractivity contribution in [3.8, 4) is 10.4 Å². The molecule has 0 saturated carbocycles. The molecule has 3 N–H and O–H groups in total. The van der Waals surface area contributed by atoms with Gasteiger partial charge in [0.2, 0.25) is 17.7 Å². The maximum atomic E-state index is 13.7. The van der Waals surface area contributed by atoms with E-state index in [1.165, 1.54) is 4.90 Å². The van der Waals surface area contributed by atoms with Crippen molar-refractivity contribution in [2.45, 2.75) is 65.3 Å². The smallest absolute Gasteiger partial charge is 0.246 e. The molecule has 3 amide bonds. The molecule has 1 aromatic carbocycles. The normalized spacial score (nSPS) is 17.7. The summed E-state index contributed by atoms with van der Waals surface area (Å²) in [5.41, 5.74) is 4.14. The largest absolute Gasteiger partial charge is 0.391 e. The zero-order valence-electron chi connectivity index (χ0n) is 25.2. The Balaban J connectivity index is 1.54. The number of hydrogen-bond donors (Lipinski definition) is 3. The Labute approximate surface area is 251 Å². The maximum absolute atomic E-state index is 13.7. The SMILES string of the molecule is COCCOCCOCCC(=O)N[C@H](C(=O)N1C[C@H](O)C[C@H]1C(=O)NCc1ccc(-c2scnc2C)cc1)C(C)(C)C. The predicted molar refractivity (Wildman–Crippen MR) is 160 cm³/mol. The summed E-state index contributed by atoms with van der Waals surface area (Å²) in [6.45, 7) is 9.72. The number of amides is 3. The van der Waals surface area contributed by atoms with Gasteiger partial charge in [0.1, 0.15) is 12.1 Å². The Hall–Kier alpha value is -2.90. The first-order valence-corrected chi connectivity index (χ1v) is 15.1. The Morgan fingerprint density at radius 2 is 1.76 bits per heavy atom. The molecule has 3 rings (SSSR count). The van der Waals surface area contributed by atoms with Crippen molar-refractivity contribution in [3.63, 3.8) is 0 Å². The van der Waals surface area contributed by atoms with E-state index in [0.717, 1.165) is 21.7 Å². The Bertz CT molecular complexity index is 1170. The van der Waals surface area contributed by atoms with E-state index in [4.69, 9.17) is 14.2 Å². The summed E-state index contributed by atoms with van der Waals surface area (Å²) in [5, 5.41) is 16.1. The van der Waals surface area contributed by atoms with Crippen LogP contribution in [0, 0.1) is 12.3 Å². The third kappa shape index (κ3) is 9.84. The van der Waals surface area contributed by atoms with Gasteiger partial charge >= 0.3 is 0 Å². The van der Waals surface area contributed by atoms with Crippen molar-refractivity contribution >= 4 is 29.1 Å². The molecule has 0 aliphatic carbocycles. The van der Waals surface area contributed by atoms with Crippen LogP contribution >= 0.6 is 11.3 Å². The van der Waals surface area contributed by atoms with Crippen LogP contribution in [0.1, 0.15) is 44.9 Å². The number of β-amino-alcohol motifs (C(OH)–C–C–N with tert-alkyl or cyclic N) is 1. The van der Waals surface area contributed by atoms with Crippen molar-refractivity contribution in [1.29, 1.82) is 0 Å². The highest BCUT2D eigenvalue weighted by atomic mass is 32.1. The second-order valence-corrected chi connectivity index (χ2v) is 12.3. The van der Waals surface area contributed by atoms with Crippen LogP contribution in [0.15, 0.2) is 29.8 Å². The molecule has 0 radical (unpaired) electrons. The van der Waals surface area contributed by atoms with Crippen LogP contribution in [0.3, 0.4) is 0 Å². The van der Waals surface area contributed by atoms with Crippen molar-refractivity contribution in [2.24, 2.45) is 5.41 Å². The molecule has 1 aromatic heterocycles. The number of likely N-dealkylation sites (tertiary alicyclic amines) is 1. The average molecular weight is 605 g/mol. The molecule has 42 heavy (non-hydrogen) atoms. The minimum absolute atomic E-state index is 0.0223. The Kier molecular flexibility index (Phi) is 12.9. The second kappa shape index (κ2) is 16.1. The molecule has 3 atom stereocenters. The maximum Gasteiger partial charge on any atom is 0.246 e. The fourth-order valence-corrected chi connectivity index (χ4v) is 5.45. The number of benzene rings is 1. The first-order chi connectivity index (χ1) is 20.0. The summed E-state index contributed by atoms with van der Waals surface area (Å²) in [4.78, 5) is 46.4. The van der Waals surface area contributed by atoms with E-state index in [0.29, 0.717) is 26.4 Å². The fraction of sp³-hybridized carbons (Fsp3) is 0.600. The molecule has 1 aliphatic heterocycles. The highest BCUT2D eigenvalue weighted by molar-refractivity contribution is 7.13. The summed E-state index contributed by atoms with van der Waals surface area (Å²) in [7, 11) is 1.60. The number of methoxy groups -OCH3 is 1. The van der Waals surface area contributed by atoms with Crippen LogP contribution in [-0.2, 0) is 35.1 Å². The molecule has 0 spiro atoms. The van der Waals surface area contributed by atoms with Crippen LogP contribution in [0.4, 0.5) is 0 Å². The number of carbonyl (C=O) groups is 3. The first-order valence-electron chi connectivity index (χ1n) is 14.2. The zero-order valence-corrected chi connectivity index (χ0v) is 26.0. The zero-order chi connectivity index (χ0) is 30.7. The standard InChI is InChI=1S/C30H44N4O7S/c1-20-26(42-19-32-20)22-8-6-21(7-9-22)17-31-28(37)24-16-23(35)18-34(24)29(38)27(30(2,3)4)33-25(36)10-11-40-14-15-41-13-12-39-5/h6-9,19,23-24,27,35H,10-18H2,1-5H3,(H,31,37)(H,33,36)/t23-,24+,27-/m1/s1. The van der Waals surface area contributed by atoms with Crippen molar-refractivity contribution < 1.29 is 33.7 Å². The summed E-state index contributed by atoms with van der Waals surface area (Å²) < 4.78 is 15.7. The molecule has 232 valence electrons. The van der Waals surface area contributed by atoms with Crippen LogP contribution in [0.5, 0.6) is 0 Å². The lowest BCUT2D eigenvalue weighted by Gasteiger charge is -2.35. The molecule has 1 saturated heterocycles. The van der Waals surface area contributed by atoms with E-state index in [1.807, 2.05) is 57.5 Å². The molecule has 0 bridgehead atoms. The van der Waals surface area contributed by atoms with Gasteiger partial charge in [-0.25, -0.2) is 4.98 Å². The molecule has 2 heterocycles. The van der Waals surface area contributed by atoms with Crippen molar-refractivity contribution in [3.05, 3.63) is 41.0 Å². The molecule has 11 nitrogen and oxygen atoms in total. The van der Waals surface area contributed by atoms with E-state index in [1.54, 1.807) is 18.4 Å². The lowest BCUT2D eigenvalue weighted by atomic mass is 9.85. The summed E-state index contributed by atoms with van der Waals surface area (Å²) in [6.07, 6.45) is -0.625. The number of carbonyl (C=O) groups excluding carboxylic acids is 3. The Morgan fingerprint density at radius 1 is 1.10 bits per heavy atom. The van der Waals surface area contributed by atoms with Crippen LogP contribution < -0.4 is 10.6 Å².